The van der Waals surface area contributed by atoms with Gasteiger partial charge < -0.3 is 10.6 Å². The molecule has 19 heavy (non-hydrogen) atoms. The number of hydrogen-bond donors (Lipinski definition) is 2. The van der Waals surface area contributed by atoms with E-state index in [-0.39, 0.29) is 6.16 Å². The van der Waals surface area contributed by atoms with Gasteiger partial charge in [0.2, 0.25) is 7.37 Å². The van der Waals surface area contributed by atoms with Crippen molar-refractivity contribution in [1.82, 2.24) is 0 Å². The zero-order valence-electron chi connectivity index (χ0n) is 10.6. The second-order valence-electron chi connectivity index (χ2n) is 4.57. The average molecular weight is 275 g/mol. The van der Waals surface area contributed by atoms with Gasteiger partial charge in [-0.05, 0) is 17.5 Å². The summed E-state index contributed by atoms with van der Waals surface area (Å²) < 4.78 is 12.3. The van der Waals surface area contributed by atoms with Crippen molar-refractivity contribution in [2.75, 3.05) is 6.16 Å². The third-order valence-corrected chi connectivity index (χ3v) is 5.17. The van der Waals surface area contributed by atoms with Gasteiger partial charge in [0, 0.05) is 6.16 Å². The predicted molar refractivity (Wildman–Crippen MR) is 78.2 cm³/mol. The molecule has 0 aromatic heterocycles. The van der Waals surface area contributed by atoms with Crippen LogP contribution in [0.3, 0.4) is 0 Å². The Balaban J connectivity index is 2.04. The van der Waals surface area contributed by atoms with Crippen molar-refractivity contribution in [3.8, 4) is 0 Å². The maximum atomic E-state index is 12.3. The topological polar surface area (TPSA) is 63.3 Å². The van der Waals surface area contributed by atoms with Gasteiger partial charge in [-0.2, -0.15) is 0 Å². The zero-order valence-corrected chi connectivity index (χ0v) is 11.5. The Morgan fingerprint density at radius 2 is 1.53 bits per heavy atom. The molecule has 0 heterocycles. The van der Waals surface area contributed by atoms with Gasteiger partial charge in [0.25, 0.3) is 0 Å². The molecule has 3 N–H and O–H groups in total. The lowest BCUT2D eigenvalue weighted by Gasteiger charge is -2.19. The van der Waals surface area contributed by atoms with Gasteiger partial charge in [0.05, 0.1) is 0 Å². The molecule has 2 atom stereocenters. The van der Waals surface area contributed by atoms with Crippen LogP contribution >= 0.6 is 7.37 Å². The summed E-state index contributed by atoms with van der Waals surface area (Å²) >= 11 is 0. The predicted octanol–water partition coefficient (Wildman–Crippen LogP) is 3.16. The van der Waals surface area contributed by atoms with E-state index in [0.29, 0.717) is 12.0 Å². The first-order valence-corrected chi connectivity index (χ1v) is 8.17. The van der Waals surface area contributed by atoms with E-state index >= 15 is 0 Å². The molecule has 0 bridgehead atoms. The van der Waals surface area contributed by atoms with E-state index < -0.39 is 13.2 Å². The Bertz CT molecular complexity index is 557. The minimum absolute atomic E-state index is 0.201. The standard InChI is InChI=1S/C15H18NO2P/c16-15(14-9-5-2-6-10-14)19(17,18)12-11-13-7-3-1-4-8-13/h1-10,15H,11-12,16H2,(H,17,18)/t15-/m0/s1. The molecule has 2 aromatic carbocycles. The Kier molecular flexibility index (Phi) is 4.54. The summed E-state index contributed by atoms with van der Waals surface area (Å²) in [6, 6.07) is 18.8. The summed E-state index contributed by atoms with van der Waals surface area (Å²) in [5, 5.41) is 0. The average Bonchev–Trinajstić information content (AvgIpc) is 2.46. The lowest BCUT2D eigenvalue weighted by Crippen LogP contribution is -2.13. The quantitative estimate of drug-likeness (QED) is 0.824. The second-order valence-corrected chi connectivity index (χ2v) is 7.09. The Hall–Kier alpha value is -1.41. The molecule has 0 saturated carbocycles. The summed E-state index contributed by atoms with van der Waals surface area (Å²) in [5.74, 6) is -0.808. The van der Waals surface area contributed by atoms with Crippen LogP contribution in [-0.4, -0.2) is 11.1 Å². The van der Waals surface area contributed by atoms with Crippen molar-refractivity contribution in [1.29, 1.82) is 0 Å². The van der Waals surface area contributed by atoms with Gasteiger partial charge in [-0.3, -0.25) is 4.57 Å². The molecule has 1 unspecified atom stereocenters. The Labute approximate surface area is 113 Å². The van der Waals surface area contributed by atoms with Gasteiger partial charge in [-0.15, -0.1) is 0 Å². The van der Waals surface area contributed by atoms with Crippen molar-refractivity contribution in [3.63, 3.8) is 0 Å². The van der Waals surface area contributed by atoms with Crippen LogP contribution in [0.25, 0.3) is 0 Å². The molecule has 100 valence electrons. The van der Waals surface area contributed by atoms with Crippen LogP contribution in [0.4, 0.5) is 0 Å². The highest BCUT2D eigenvalue weighted by molar-refractivity contribution is 7.58. The van der Waals surface area contributed by atoms with Gasteiger partial charge in [-0.1, -0.05) is 60.7 Å². The maximum absolute atomic E-state index is 12.3. The summed E-state index contributed by atoms with van der Waals surface area (Å²) in [6.07, 6.45) is 0.766. The lowest BCUT2D eigenvalue weighted by atomic mass is 10.2. The van der Waals surface area contributed by atoms with Crippen LogP contribution in [-0.2, 0) is 11.0 Å². The number of nitrogens with two attached hydrogens (primary N) is 1. The molecule has 2 aromatic rings. The van der Waals surface area contributed by atoms with E-state index in [1.165, 1.54) is 0 Å². The van der Waals surface area contributed by atoms with Crippen molar-refractivity contribution in [3.05, 3.63) is 71.8 Å². The molecule has 0 aliphatic heterocycles. The zero-order chi connectivity index (χ0) is 13.7. The van der Waals surface area contributed by atoms with Gasteiger partial charge >= 0.3 is 0 Å². The van der Waals surface area contributed by atoms with Gasteiger partial charge in [0.1, 0.15) is 5.78 Å². The minimum atomic E-state index is -3.39. The van der Waals surface area contributed by atoms with Crippen LogP contribution in [0, 0.1) is 0 Å². The fourth-order valence-corrected chi connectivity index (χ4v) is 3.45. The molecular weight excluding hydrogens is 257 g/mol. The maximum Gasteiger partial charge on any atom is 0.221 e. The summed E-state index contributed by atoms with van der Waals surface area (Å²) in [6.45, 7) is 0. The monoisotopic (exact) mass is 275 g/mol. The van der Waals surface area contributed by atoms with E-state index in [1.807, 2.05) is 48.5 Å². The van der Waals surface area contributed by atoms with E-state index in [9.17, 15) is 9.46 Å². The molecule has 0 spiro atoms. The fraction of sp³-hybridized carbons (Fsp3) is 0.200. The summed E-state index contributed by atoms with van der Waals surface area (Å²) in [5.41, 5.74) is 7.69. The molecule has 0 radical (unpaired) electrons. The van der Waals surface area contributed by atoms with Crippen molar-refractivity contribution >= 4 is 7.37 Å². The van der Waals surface area contributed by atoms with Gasteiger partial charge in [-0.25, -0.2) is 0 Å². The van der Waals surface area contributed by atoms with Crippen molar-refractivity contribution in [2.24, 2.45) is 5.73 Å². The molecule has 0 fully saturated rings. The SMILES string of the molecule is N[C@H](c1ccccc1)P(=O)(O)CCc1ccccc1. The van der Waals surface area contributed by atoms with E-state index in [1.54, 1.807) is 12.1 Å². The van der Waals surface area contributed by atoms with E-state index in [0.717, 1.165) is 5.56 Å². The van der Waals surface area contributed by atoms with E-state index in [4.69, 9.17) is 5.73 Å². The number of aryl methyl sites for hydroxylation is 1. The van der Waals surface area contributed by atoms with Crippen molar-refractivity contribution < 1.29 is 9.46 Å². The molecule has 2 rings (SSSR count). The summed E-state index contributed by atoms with van der Waals surface area (Å²) in [4.78, 5) is 10.1. The molecule has 3 nitrogen and oxygen atoms in total. The molecule has 0 amide bonds. The highest BCUT2D eigenvalue weighted by atomic mass is 31.2. The lowest BCUT2D eigenvalue weighted by molar-refractivity contribution is 0.464. The number of rotatable bonds is 5. The number of hydrogen-bond acceptors (Lipinski definition) is 2. The first kappa shape index (κ1) is 14.0. The normalized spacial score (nSPS) is 15.7. The highest BCUT2D eigenvalue weighted by Crippen LogP contribution is 2.52. The molecule has 0 saturated heterocycles. The van der Waals surface area contributed by atoms with E-state index in [2.05, 4.69) is 0 Å². The molecule has 4 heteroatoms. The first-order valence-electron chi connectivity index (χ1n) is 6.25. The fourth-order valence-electron chi connectivity index (χ4n) is 1.96. The van der Waals surface area contributed by atoms with Crippen molar-refractivity contribution in [2.45, 2.75) is 12.2 Å². The van der Waals surface area contributed by atoms with Crippen LogP contribution in [0.1, 0.15) is 16.9 Å². The van der Waals surface area contributed by atoms with Gasteiger partial charge in [0.15, 0.2) is 0 Å². The largest absolute Gasteiger partial charge is 0.343 e. The molecule has 0 aliphatic carbocycles. The minimum Gasteiger partial charge on any atom is -0.343 e. The third-order valence-electron chi connectivity index (χ3n) is 3.14. The highest BCUT2D eigenvalue weighted by Gasteiger charge is 2.28. The van der Waals surface area contributed by atoms with Crippen LogP contribution in [0.15, 0.2) is 60.7 Å². The Morgan fingerprint density at radius 1 is 1.00 bits per heavy atom. The first-order chi connectivity index (χ1) is 9.09. The number of benzene rings is 2. The molecular formula is C15H18NO2P. The third kappa shape index (κ3) is 3.77. The van der Waals surface area contributed by atoms with Crippen LogP contribution in [0.2, 0.25) is 0 Å². The van der Waals surface area contributed by atoms with Crippen LogP contribution < -0.4 is 5.73 Å². The Morgan fingerprint density at radius 3 is 2.11 bits per heavy atom. The second kappa shape index (κ2) is 6.16. The van der Waals surface area contributed by atoms with Crippen LogP contribution in [0.5, 0.6) is 0 Å². The smallest absolute Gasteiger partial charge is 0.221 e. The summed E-state index contributed by atoms with van der Waals surface area (Å²) in [7, 11) is -3.39. The molecule has 0 aliphatic rings.